The lowest BCUT2D eigenvalue weighted by Gasteiger charge is -2.07. The van der Waals surface area contributed by atoms with Crippen molar-refractivity contribution in [2.75, 3.05) is 26.6 Å². The fourth-order valence-corrected chi connectivity index (χ4v) is 2.32. The Labute approximate surface area is 158 Å². The predicted octanol–water partition coefficient (Wildman–Crippen LogP) is 3.70. The van der Waals surface area contributed by atoms with Crippen LogP contribution in [0.25, 0.3) is 6.08 Å². The number of hydrogen-bond donors (Lipinski definition) is 1. The molecule has 6 heteroatoms. The molecule has 0 aliphatic rings. The Hall–Kier alpha value is -3.54. The fraction of sp³-hybridized carbons (Fsp3) is 0.143. The minimum Gasteiger partial charge on any atom is -0.493 e. The molecule has 2 rings (SSSR count). The number of carbonyl (C=O) groups is 2. The lowest BCUT2D eigenvalue weighted by Crippen LogP contribution is -2.12. The number of nitrogens with one attached hydrogen (secondary N) is 1. The quantitative estimate of drug-likeness (QED) is 0.459. The Bertz CT molecular complexity index is 871. The van der Waals surface area contributed by atoms with Crippen LogP contribution in [0.3, 0.4) is 0 Å². The maximum absolute atomic E-state index is 12.1. The van der Waals surface area contributed by atoms with Gasteiger partial charge in [0.2, 0.25) is 5.91 Å². The van der Waals surface area contributed by atoms with E-state index in [1.165, 1.54) is 13.2 Å². The maximum Gasteiger partial charge on any atom is 0.339 e. The number of benzene rings is 2. The number of rotatable bonds is 7. The number of allylic oxidation sites excluding steroid dienone is 2. The van der Waals surface area contributed by atoms with Crippen LogP contribution < -0.4 is 14.8 Å². The molecular weight excluding hydrogens is 346 g/mol. The molecule has 2 aromatic rings. The summed E-state index contributed by atoms with van der Waals surface area (Å²) in [5.74, 6) is 0.404. The third-order valence-electron chi connectivity index (χ3n) is 3.65. The molecule has 6 nitrogen and oxygen atoms in total. The second-order valence-electron chi connectivity index (χ2n) is 5.36. The monoisotopic (exact) mass is 367 g/mol. The standard InChI is InChI=1S/C21H21NO5/c1-25-18-13-12-15(14-19(18)26-2)8-4-7-11-20(23)22-17-10-6-5-9-16(17)21(24)27-3/h4-14H,1-3H3,(H,22,23)/b8-4+,11-7+. The third kappa shape index (κ3) is 5.47. The third-order valence-corrected chi connectivity index (χ3v) is 3.65. The first-order chi connectivity index (χ1) is 13.1. The summed E-state index contributed by atoms with van der Waals surface area (Å²) in [6.07, 6.45) is 6.53. The summed E-state index contributed by atoms with van der Waals surface area (Å²) in [6.45, 7) is 0. The summed E-state index contributed by atoms with van der Waals surface area (Å²) < 4.78 is 15.1. The van der Waals surface area contributed by atoms with Crippen LogP contribution in [0.15, 0.2) is 60.7 Å². The Morgan fingerprint density at radius 3 is 2.37 bits per heavy atom. The van der Waals surface area contributed by atoms with Crippen LogP contribution in [0, 0.1) is 0 Å². The molecule has 1 N–H and O–H groups in total. The Kier molecular flexibility index (Phi) is 7.19. The average molecular weight is 367 g/mol. The summed E-state index contributed by atoms with van der Waals surface area (Å²) in [7, 11) is 4.44. The second kappa shape index (κ2) is 9.82. The molecule has 0 saturated carbocycles. The SMILES string of the molecule is COC(=O)c1ccccc1NC(=O)/C=C/C=C/c1ccc(OC)c(OC)c1. The van der Waals surface area contributed by atoms with Gasteiger partial charge in [-0.25, -0.2) is 4.79 Å². The molecule has 1 amide bonds. The van der Waals surface area contributed by atoms with E-state index in [1.807, 2.05) is 18.2 Å². The van der Waals surface area contributed by atoms with Crippen molar-refractivity contribution in [3.05, 3.63) is 71.8 Å². The summed E-state index contributed by atoms with van der Waals surface area (Å²) in [5.41, 5.74) is 1.58. The van der Waals surface area contributed by atoms with E-state index < -0.39 is 5.97 Å². The van der Waals surface area contributed by atoms with Crippen molar-refractivity contribution in [2.24, 2.45) is 0 Å². The molecule has 0 aliphatic heterocycles. The van der Waals surface area contributed by atoms with E-state index in [9.17, 15) is 9.59 Å². The van der Waals surface area contributed by atoms with Gasteiger partial charge in [0.1, 0.15) is 0 Å². The molecule has 140 valence electrons. The van der Waals surface area contributed by atoms with Crippen LogP contribution in [-0.4, -0.2) is 33.2 Å². The van der Waals surface area contributed by atoms with Crippen LogP contribution in [0.4, 0.5) is 5.69 Å². The molecule has 0 saturated heterocycles. The van der Waals surface area contributed by atoms with Gasteiger partial charge < -0.3 is 19.5 Å². The van der Waals surface area contributed by atoms with E-state index in [1.54, 1.807) is 56.7 Å². The first-order valence-electron chi connectivity index (χ1n) is 8.14. The minimum atomic E-state index is -0.511. The zero-order valence-electron chi connectivity index (χ0n) is 15.4. The van der Waals surface area contributed by atoms with Gasteiger partial charge in [0.25, 0.3) is 0 Å². The maximum atomic E-state index is 12.1. The van der Waals surface area contributed by atoms with Crippen LogP contribution >= 0.6 is 0 Å². The Balaban J connectivity index is 2.02. The van der Waals surface area contributed by atoms with Crippen molar-refractivity contribution in [3.63, 3.8) is 0 Å². The van der Waals surface area contributed by atoms with Crippen molar-refractivity contribution >= 4 is 23.6 Å². The van der Waals surface area contributed by atoms with Gasteiger partial charge in [0, 0.05) is 6.08 Å². The highest BCUT2D eigenvalue weighted by Gasteiger charge is 2.11. The number of methoxy groups -OCH3 is 3. The van der Waals surface area contributed by atoms with Gasteiger partial charge in [-0.1, -0.05) is 36.4 Å². The van der Waals surface area contributed by atoms with Gasteiger partial charge in [0.15, 0.2) is 11.5 Å². The van der Waals surface area contributed by atoms with Gasteiger partial charge in [-0.05, 0) is 29.8 Å². The van der Waals surface area contributed by atoms with Gasteiger partial charge in [0.05, 0.1) is 32.6 Å². The number of anilines is 1. The summed E-state index contributed by atoms with van der Waals surface area (Å²) in [4.78, 5) is 23.8. The summed E-state index contributed by atoms with van der Waals surface area (Å²) in [5, 5.41) is 2.66. The summed E-state index contributed by atoms with van der Waals surface area (Å²) in [6, 6.07) is 12.2. The number of amides is 1. The minimum absolute atomic E-state index is 0.294. The Morgan fingerprint density at radius 2 is 1.67 bits per heavy atom. The van der Waals surface area contributed by atoms with Gasteiger partial charge in [-0.3, -0.25) is 4.79 Å². The largest absolute Gasteiger partial charge is 0.493 e. The predicted molar refractivity (Wildman–Crippen MR) is 104 cm³/mol. The lowest BCUT2D eigenvalue weighted by molar-refractivity contribution is -0.111. The molecule has 0 heterocycles. The highest BCUT2D eigenvalue weighted by molar-refractivity contribution is 6.05. The smallest absolute Gasteiger partial charge is 0.339 e. The molecule has 0 unspecified atom stereocenters. The van der Waals surface area contributed by atoms with Gasteiger partial charge >= 0.3 is 5.97 Å². The second-order valence-corrected chi connectivity index (χ2v) is 5.36. The van der Waals surface area contributed by atoms with Crippen LogP contribution in [0.1, 0.15) is 15.9 Å². The van der Waals surface area contributed by atoms with Crippen molar-refractivity contribution in [3.8, 4) is 11.5 Å². The topological polar surface area (TPSA) is 73.9 Å². The number of hydrogen-bond acceptors (Lipinski definition) is 5. The molecule has 0 radical (unpaired) electrons. The highest BCUT2D eigenvalue weighted by atomic mass is 16.5. The average Bonchev–Trinajstić information content (AvgIpc) is 2.70. The van der Waals surface area contributed by atoms with Crippen molar-refractivity contribution in [2.45, 2.75) is 0 Å². The van der Waals surface area contributed by atoms with Crippen molar-refractivity contribution < 1.29 is 23.8 Å². The number of carbonyl (C=O) groups excluding carboxylic acids is 2. The molecule has 0 atom stereocenters. The van der Waals surface area contributed by atoms with Crippen LogP contribution in [0.5, 0.6) is 11.5 Å². The van der Waals surface area contributed by atoms with E-state index in [0.29, 0.717) is 22.7 Å². The van der Waals surface area contributed by atoms with E-state index in [-0.39, 0.29) is 5.91 Å². The lowest BCUT2D eigenvalue weighted by atomic mass is 10.1. The van der Waals surface area contributed by atoms with Crippen LogP contribution in [0.2, 0.25) is 0 Å². The zero-order chi connectivity index (χ0) is 19.6. The summed E-state index contributed by atoms with van der Waals surface area (Å²) >= 11 is 0. The highest BCUT2D eigenvalue weighted by Crippen LogP contribution is 2.27. The number of esters is 1. The molecule has 0 aliphatic carbocycles. The van der Waals surface area contributed by atoms with Crippen molar-refractivity contribution in [1.82, 2.24) is 0 Å². The van der Waals surface area contributed by atoms with Crippen LogP contribution in [-0.2, 0) is 9.53 Å². The molecule has 27 heavy (non-hydrogen) atoms. The zero-order valence-corrected chi connectivity index (χ0v) is 15.4. The number of ether oxygens (including phenoxy) is 3. The molecule has 0 fully saturated rings. The van der Waals surface area contributed by atoms with E-state index in [0.717, 1.165) is 5.56 Å². The Morgan fingerprint density at radius 1 is 0.926 bits per heavy atom. The molecule has 0 spiro atoms. The first-order valence-corrected chi connectivity index (χ1v) is 8.14. The number of para-hydroxylation sites is 1. The molecular formula is C21H21NO5. The molecule has 2 aromatic carbocycles. The first kappa shape index (κ1) is 19.8. The van der Waals surface area contributed by atoms with E-state index >= 15 is 0 Å². The fourth-order valence-electron chi connectivity index (χ4n) is 2.32. The normalized spacial score (nSPS) is 10.8. The molecule has 0 aromatic heterocycles. The van der Waals surface area contributed by atoms with Gasteiger partial charge in [-0.2, -0.15) is 0 Å². The van der Waals surface area contributed by atoms with E-state index in [4.69, 9.17) is 14.2 Å². The van der Waals surface area contributed by atoms with E-state index in [2.05, 4.69) is 5.32 Å². The molecule has 0 bridgehead atoms. The van der Waals surface area contributed by atoms with Crippen molar-refractivity contribution in [1.29, 1.82) is 0 Å². The van der Waals surface area contributed by atoms with Gasteiger partial charge in [-0.15, -0.1) is 0 Å².